The first-order valence-electron chi connectivity index (χ1n) is 7.60. The van der Waals surface area contributed by atoms with Gasteiger partial charge in [-0.2, -0.15) is 9.97 Å². The molecule has 1 amide bonds. The molecule has 2 aromatic rings. The number of methoxy groups -OCH3 is 2. The molecule has 0 bridgehead atoms. The fourth-order valence-electron chi connectivity index (χ4n) is 2.09. The lowest BCUT2D eigenvalue weighted by molar-refractivity contribution is 0.0915. The maximum atomic E-state index is 12.3. The zero-order chi connectivity index (χ0) is 17.5. The second kappa shape index (κ2) is 8.26. The summed E-state index contributed by atoms with van der Waals surface area (Å²) in [5.74, 6) is 0.888. The Balaban J connectivity index is 2.32. The van der Waals surface area contributed by atoms with E-state index in [9.17, 15) is 9.90 Å². The molecule has 1 atom stereocenters. The van der Waals surface area contributed by atoms with Gasteiger partial charge in [-0.25, -0.2) is 0 Å². The monoisotopic (exact) mass is 331 g/mol. The van der Waals surface area contributed by atoms with Crippen molar-refractivity contribution in [3.8, 4) is 23.1 Å². The van der Waals surface area contributed by atoms with Gasteiger partial charge in [-0.3, -0.25) is 4.79 Å². The Labute approximate surface area is 140 Å². The Morgan fingerprint density at radius 3 is 2.42 bits per heavy atom. The molecule has 1 unspecified atom stereocenters. The number of ether oxygens (including phenoxy) is 2. The maximum absolute atomic E-state index is 12.3. The molecule has 0 spiro atoms. The molecule has 2 N–H and O–H groups in total. The van der Waals surface area contributed by atoms with Crippen molar-refractivity contribution in [3.63, 3.8) is 0 Å². The summed E-state index contributed by atoms with van der Waals surface area (Å²) >= 11 is 0. The van der Waals surface area contributed by atoms with Crippen LogP contribution in [0.15, 0.2) is 30.3 Å². The van der Waals surface area contributed by atoms with Crippen LogP contribution in [0.1, 0.15) is 23.7 Å². The number of nitrogens with one attached hydrogen (secondary N) is 1. The highest BCUT2D eigenvalue weighted by molar-refractivity contribution is 5.95. The third kappa shape index (κ3) is 4.20. The third-order valence-electron chi connectivity index (χ3n) is 3.53. The van der Waals surface area contributed by atoms with Crippen LogP contribution in [0.3, 0.4) is 0 Å². The Kier molecular flexibility index (Phi) is 6.08. The standard InChI is InChI=1S/C17H21N3O4/c1-4-13(10-21)18-17(22)12-7-5-6-11(8-12)16-19-14(23-2)9-15(20-16)24-3/h5-9,13,21H,4,10H2,1-3H3,(H,18,22). The van der Waals surface area contributed by atoms with E-state index in [2.05, 4.69) is 15.3 Å². The summed E-state index contributed by atoms with van der Waals surface area (Å²) in [6.07, 6.45) is 0.651. The molecule has 7 nitrogen and oxygen atoms in total. The molecule has 0 fully saturated rings. The number of rotatable bonds is 7. The Hall–Kier alpha value is -2.67. The summed E-state index contributed by atoms with van der Waals surface area (Å²) in [7, 11) is 3.02. The van der Waals surface area contributed by atoms with Gasteiger partial charge in [0, 0.05) is 11.1 Å². The van der Waals surface area contributed by atoms with E-state index in [4.69, 9.17) is 9.47 Å². The van der Waals surface area contributed by atoms with Gasteiger partial charge in [0.25, 0.3) is 5.91 Å². The van der Waals surface area contributed by atoms with E-state index in [1.54, 1.807) is 30.3 Å². The summed E-state index contributed by atoms with van der Waals surface area (Å²) in [6.45, 7) is 1.80. The first kappa shape index (κ1) is 17.7. The maximum Gasteiger partial charge on any atom is 0.251 e. The fourth-order valence-corrected chi connectivity index (χ4v) is 2.09. The molecule has 1 aromatic carbocycles. The molecule has 0 radical (unpaired) electrons. The van der Waals surface area contributed by atoms with Crippen LogP contribution in [0.2, 0.25) is 0 Å². The number of carbonyl (C=O) groups excluding carboxylic acids is 1. The largest absolute Gasteiger partial charge is 0.481 e. The molecule has 0 saturated heterocycles. The molecule has 128 valence electrons. The quantitative estimate of drug-likeness (QED) is 0.801. The summed E-state index contributed by atoms with van der Waals surface area (Å²) < 4.78 is 10.3. The first-order chi connectivity index (χ1) is 11.6. The molecule has 7 heteroatoms. The highest BCUT2D eigenvalue weighted by Gasteiger charge is 2.14. The summed E-state index contributed by atoms with van der Waals surface area (Å²) in [6, 6.07) is 8.24. The Morgan fingerprint density at radius 2 is 1.88 bits per heavy atom. The van der Waals surface area contributed by atoms with Crippen molar-refractivity contribution in [1.82, 2.24) is 15.3 Å². The Bertz CT molecular complexity index is 680. The zero-order valence-electron chi connectivity index (χ0n) is 13.9. The van der Waals surface area contributed by atoms with Crippen molar-refractivity contribution in [1.29, 1.82) is 0 Å². The second-order valence-corrected chi connectivity index (χ2v) is 5.12. The van der Waals surface area contributed by atoms with Gasteiger partial charge in [-0.05, 0) is 18.6 Å². The van der Waals surface area contributed by atoms with Crippen LogP contribution in [0.4, 0.5) is 0 Å². The van der Waals surface area contributed by atoms with E-state index in [0.29, 0.717) is 35.1 Å². The average molecular weight is 331 g/mol. The van der Waals surface area contributed by atoms with Crippen LogP contribution in [0.5, 0.6) is 11.8 Å². The van der Waals surface area contributed by atoms with Gasteiger partial charge >= 0.3 is 0 Å². The van der Waals surface area contributed by atoms with Crippen molar-refractivity contribution >= 4 is 5.91 Å². The van der Waals surface area contributed by atoms with Crippen LogP contribution in [0, 0.1) is 0 Å². The van der Waals surface area contributed by atoms with Crippen LogP contribution < -0.4 is 14.8 Å². The summed E-state index contributed by atoms with van der Waals surface area (Å²) in [4.78, 5) is 20.8. The minimum atomic E-state index is -0.269. The number of carbonyl (C=O) groups is 1. The molecule has 0 saturated carbocycles. The van der Waals surface area contributed by atoms with Gasteiger partial charge in [0.2, 0.25) is 11.8 Å². The number of aliphatic hydroxyl groups is 1. The number of hydrogen-bond donors (Lipinski definition) is 2. The normalized spacial score (nSPS) is 11.7. The lowest BCUT2D eigenvalue weighted by Gasteiger charge is -2.14. The van der Waals surface area contributed by atoms with Crippen molar-refractivity contribution in [2.24, 2.45) is 0 Å². The van der Waals surface area contributed by atoms with Crippen LogP contribution >= 0.6 is 0 Å². The molecule has 1 aromatic heterocycles. The lowest BCUT2D eigenvalue weighted by Crippen LogP contribution is -2.36. The van der Waals surface area contributed by atoms with Crippen molar-refractivity contribution in [3.05, 3.63) is 35.9 Å². The fraction of sp³-hybridized carbons (Fsp3) is 0.353. The van der Waals surface area contributed by atoms with E-state index < -0.39 is 0 Å². The molecular weight excluding hydrogens is 310 g/mol. The second-order valence-electron chi connectivity index (χ2n) is 5.12. The molecule has 2 rings (SSSR count). The van der Waals surface area contributed by atoms with Crippen LogP contribution in [0.25, 0.3) is 11.4 Å². The highest BCUT2D eigenvalue weighted by Crippen LogP contribution is 2.23. The van der Waals surface area contributed by atoms with Crippen LogP contribution in [-0.2, 0) is 0 Å². The first-order valence-corrected chi connectivity index (χ1v) is 7.60. The molecule has 24 heavy (non-hydrogen) atoms. The van der Waals surface area contributed by atoms with Crippen molar-refractivity contribution in [2.75, 3.05) is 20.8 Å². The van der Waals surface area contributed by atoms with Gasteiger partial charge in [0.1, 0.15) is 0 Å². The van der Waals surface area contributed by atoms with Gasteiger partial charge in [0.05, 0.1) is 32.9 Å². The third-order valence-corrected chi connectivity index (χ3v) is 3.53. The van der Waals surface area contributed by atoms with E-state index in [1.807, 2.05) is 6.92 Å². The van der Waals surface area contributed by atoms with E-state index >= 15 is 0 Å². The average Bonchev–Trinajstić information content (AvgIpc) is 2.65. The minimum Gasteiger partial charge on any atom is -0.481 e. The highest BCUT2D eigenvalue weighted by atomic mass is 16.5. The summed E-state index contributed by atoms with van der Waals surface area (Å²) in [5.41, 5.74) is 1.13. The number of nitrogens with zero attached hydrogens (tertiary/aromatic N) is 2. The van der Waals surface area contributed by atoms with E-state index in [-0.39, 0.29) is 18.6 Å². The topological polar surface area (TPSA) is 93.6 Å². The molecule has 1 heterocycles. The van der Waals surface area contributed by atoms with Crippen LogP contribution in [-0.4, -0.2) is 47.8 Å². The van der Waals surface area contributed by atoms with Gasteiger partial charge in [-0.15, -0.1) is 0 Å². The summed E-state index contributed by atoms with van der Waals surface area (Å²) in [5, 5.41) is 12.0. The molecule has 0 aliphatic heterocycles. The van der Waals surface area contributed by atoms with Crippen molar-refractivity contribution < 1.29 is 19.4 Å². The number of aliphatic hydroxyl groups excluding tert-OH is 1. The predicted octanol–water partition coefficient (Wildman–Crippen LogP) is 1.66. The Morgan fingerprint density at radius 1 is 1.21 bits per heavy atom. The van der Waals surface area contributed by atoms with Gasteiger partial charge in [0.15, 0.2) is 5.82 Å². The zero-order valence-corrected chi connectivity index (χ0v) is 13.9. The molecule has 0 aliphatic rings. The predicted molar refractivity (Wildman–Crippen MR) is 89.2 cm³/mol. The molecule has 0 aliphatic carbocycles. The molecular formula is C17H21N3O4. The van der Waals surface area contributed by atoms with Gasteiger partial charge in [-0.1, -0.05) is 19.1 Å². The van der Waals surface area contributed by atoms with E-state index in [0.717, 1.165) is 0 Å². The van der Waals surface area contributed by atoms with Gasteiger partial charge < -0.3 is 19.9 Å². The van der Waals surface area contributed by atoms with Crippen molar-refractivity contribution in [2.45, 2.75) is 19.4 Å². The smallest absolute Gasteiger partial charge is 0.251 e. The van der Waals surface area contributed by atoms with E-state index in [1.165, 1.54) is 14.2 Å². The number of aromatic nitrogens is 2. The lowest BCUT2D eigenvalue weighted by atomic mass is 10.1. The number of hydrogen-bond acceptors (Lipinski definition) is 6. The number of benzene rings is 1. The SMILES string of the molecule is CCC(CO)NC(=O)c1cccc(-c2nc(OC)cc(OC)n2)c1. The minimum absolute atomic E-state index is 0.0991. The number of amides is 1.